The molecule has 1 atom stereocenters. The lowest BCUT2D eigenvalue weighted by atomic mass is 10.2. The summed E-state index contributed by atoms with van der Waals surface area (Å²) in [6.07, 6.45) is -5.13. The smallest absolute Gasteiger partial charge is 0.323 e. The molecular weight excluding hydrogens is 187 g/mol. The first-order chi connectivity index (χ1) is 5.49. The fourth-order valence-electron chi connectivity index (χ4n) is 0.852. The van der Waals surface area contributed by atoms with E-state index in [0.29, 0.717) is 4.88 Å². The van der Waals surface area contributed by atoms with Gasteiger partial charge in [0.25, 0.3) is 0 Å². The summed E-state index contributed by atoms with van der Waals surface area (Å²) in [7, 11) is 0. The van der Waals surface area contributed by atoms with Gasteiger partial charge < -0.3 is 5.73 Å². The van der Waals surface area contributed by atoms with Gasteiger partial charge in [-0.1, -0.05) is 6.07 Å². The quantitative estimate of drug-likeness (QED) is 0.771. The summed E-state index contributed by atoms with van der Waals surface area (Å²) in [5.74, 6) is 0. The Bertz CT molecular complexity index is 229. The molecule has 0 spiro atoms. The molecule has 0 saturated carbocycles. The summed E-state index contributed by atoms with van der Waals surface area (Å²) in [4.78, 5) is 0.576. The van der Waals surface area contributed by atoms with Gasteiger partial charge in [-0.2, -0.15) is 13.2 Å². The van der Waals surface area contributed by atoms with Crippen molar-refractivity contribution < 1.29 is 13.2 Å². The van der Waals surface area contributed by atoms with Crippen molar-refractivity contribution in [2.75, 3.05) is 0 Å². The number of nitrogens with two attached hydrogens (primary N) is 1. The number of rotatable bonds is 2. The highest BCUT2D eigenvalue weighted by Gasteiger charge is 2.31. The minimum atomic E-state index is -4.18. The summed E-state index contributed by atoms with van der Waals surface area (Å²) >= 11 is 1.25. The van der Waals surface area contributed by atoms with E-state index in [2.05, 4.69) is 0 Å². The summed E-state index contributed by atoms with van der Waals surface area (Å²) in [5, 5.41) is 1.71. The predicted molar refractivity (Wildman–Crippen MR) is 41.9 cm³/mol. The first-order valence-corrected chi connectivity index (χ1v) is 4.23. The van der Waals surface area contributed by atoms with Crippen LogP contribution in [0, 0.1) is 0 Å². The van der Waals surface area contributed by atoms with Crippen LogP contribution in [0.3, 0.4) is 0 Å². The van der Waals surface area contributed by atoms with Gasteiger partial charge in [0.05, 0.1) is 6.42 Å². The van der Waals surface area contributed by atoms with Crippen molar-refractivity contribution in [3.63, 3.8) is 0 Å². The first-order valence-electron chi connectivity index (χ1n) is 3.35. The zero-order valence-electron chi connectivity index (χ0n) is 6.14. The van der Waals surface area contributed by atoms with Gasteiger partial charge in [0, 0.05) is 10.9 Å². The average molecular weight is 195 g/mol. The van der Waals surface area contributed by atoms with Crippen LogP contribution in [0.2, 0.25) is 0 Å². The zero-order valence-corrected chi connectivity index (χ0v) is 6.95. The van der Waals surface area contributed by atoms with Crippen molar-refractivity contribution in [1.29, 1.82) is 0 Å². The Kier molecular flexibility index (Phi) is 2.74. The maximum absolute atomic E-state index is 11.8. The number of alkyl halides is 3. The molecule has 0 aromatic carbocycles. The lowest BCUT2D eigenvalue weighted by Gasteiger charge is -2.11. The zero-order chi connectivity index (χ0) is 9.19. The van der Waals surface area contributed by atoms with E-state index in [1.165, 1.54) is 11.3 Å². The molecule has 0 bridgehead atoms. The lowest BCUT2D eigenvalue weighted by molar-refractivity contribution is -0.138. The summed E-state index contributed by atoms with van der Waals surface area (Å²) < 4.78 is 35.5. The van der Waals surface area contributed by atoms with Crippen LogP contribution < -0.4 is 5.73 Å². The van der Waals surface area contributed by atoms with Gasteiger partial charge in [-0.05, 0) is 11.4 Å². The molecule has 1 aromatic heterocycles. The van der Waals surface area contributed by atoms with E-state index in [1.807, 2.05) is 0 Å². The summed E-state index contributed by atoms with van der Waals surface area (Å²) in [5.41, 5.74) is 5.32. The van der Waals surface area contributed by atoms with Gasteiger partial charge >= 0.3 is 6.18 Å². The Hall–Kier alpha value is -0.550. The van der Waals surface area contributed by atoms with Gasteiger partial charge in [-0.15, -0.1) is 11.3 Å². The molecule has 1 rings (SSSR count). The minimum absolute atomic E-state index is 0.576. The number of hydrogen-bond acceptors (Lipinski definition) is 2. The fraction of sp³-hybridized carbons (Fsp3) is 0.429. The van der Waals surface area contributed by atoms with E-state index in [-0.39, 0.29) is 0 Å². The van der Waals surface area contributed by atoms with Crippen LogP contribution in [-0.4, -0.2) is 6.18 Å². The summed E-state index contributed by atoms with van der Waals surface area (Å²) in [6, 6.07) is 2.39. The maximum Gasteiger partial charge on any atom is 0.390 e. The maximum atomic E-state index is 11.8. The van der Waals surface area contributed by atoms with Crippen molar-refractivity contribution in [1.82, 2.24) is 0 Å². The van der Waals surface area contributed by atoms with Crippen molar-refractivity contribution >= 4 is 11.3 Å². The molecule has 5 heteroatoms. The molecule has 0 aliphatic carbocycles. The highest BCUT2D eigenvalue weighted by atomic mass is 32.1. The Balaban J connectivity index is 2.56. The van der Waals surface area contributed by atoms with E-state index in [4.69, 9.17) is 5.73 Å². The van der Waals surface area contributed by atoms with Gasteiger partial charge in [0.1, 0.15) is 0 Å². The highest BCUT2D eigenvalue weighted by Crippen LogP contribution is 2.29. The Labute approximate surface area is 72.0 Å². The number of halogens is 3. The predicted octanol–water partition coefficient (Wildman–Crippen LogP) is 2.70. The third-order valence-electron chi connectivity index (χ3n) is 1.36. The van der Waals surface area contributed by atoms with E-state index in [1.54, 1.807) is 17.5 Å². The monoisotopic (exact) mass is 195 g/mol. The second kappa shape index (κ2) is 3.45. The third kappa shape index (κ3) is 2.83. The Morgan fingerprint density at radius 2 is 2.17 bits per heavy atom. The first kappa shape index (κ1) is 9.54. The molecule has 0 aliphatic rings. The third-order valence-corrected chi connectivity index (χ3v) is 2.36. The van der Waals surface area contributed by atoms with E-state index >= 15 is 0 Å². The molecule has 1 aromatic rings. The Morgan fingerprint density at radius 3 is 2.58 bits per heavy atom. The molecule has 1 heterocycles. The molecule has 68 valence electrons. The molecule has 0 aliphatic heterocycles. The van der Waals surface area contributed by atoms with Gasteiger partial charge in [0.2, 0.25) is 0 Å². The number of hydrogen-bond donors (Lipinski definition) is 1. The van der Waals surface area contributed by atoms with Crippen LogP contribution in [0.5, 0.6) is 0 Å². The van der Waals surface area contributed by atoms with Crippen molar-refractivity contribution in [2.24, 2.45) is 5.73 Å². The molecule has 0 saturated heterocycles. The topological polar surface area (TPSA) is 26.0 Å². The van der Waals surface area contributed by atoms with Crippen molar-refractivity contribution in [3.05, 3.63) is 22.4 Å². The van der Waals surface area contributed by atoms with Crippen molar-refractivity contribution in [2.45, 2.75) is 18.6 Å². The molecule has 0 radical (unpaired) electrons. The standard InChI is InChI=1S/C7H8F3NS/c8-7(9,10)4-5(11)6-2-1-3-12-6/h1-3,5H,4,11H2/t5-/m0/s1. The van der Waals surface area contributed by atoms with Gasteiger partial charge in [0.15, 0.2) is 0 Å². The molecule has 0 fully saturated rings. The molecule has 12 heavy (non-hydrogen) atoms. The molecule has 1 nitrogen and oxygen atoms in total. The van der Waals surface area contributed by atoms with Crippen LogP contribution >= 0.6 is 11.3 Å². The van der Waals surface area contributed by atoms with Crippen LogP contribution in [0.4, 0.5) is 13.2 Å². The van der Waals surface area contributed by atoms with Crippen molar-refractivity contribution in [3.8, 4) is 0 Å². The largest absolute Gasteiger partial charge is 0.390 e. The molecule has 0 unspecified atom stereocenters. The second-order valence-electron chi connectivity index (χ2n) is 2.44. The van der Waals surface area contributed by atoms with Gasteiger partial charge in [-0.25, -0.2) is 0 Å². The van der Waals surface area contributed by atoms with Crippen LogP contribution in [-0.2, 0) is 0 Å². The van der Waals surface area contributed by atoms with Crippen LogP contribution in [0.15, 0.2) is 17.5 Å². The van der Waals surface area contributed by atoms with Crippen LogP contribution in [0.1, 0.15) is 17.3 Å². The lowest BCUT2D eigenvalue weighted by Crippen LogP contribution is -2.19. The molecule has 0 amide bonds. The fourth-order valence-corrected chi connectivity index (χ4v) is 1.58. The highest BCUT2D eigenvalue weighted by molar-refractivity contribution is 7.10. The SMILES string of the molecule is N[C@@H](CC(F)(F)F)c1cccs1. The molecule has 2 N–H and O–H groups in total. The summed E-state index contributed by atoms with van der Waals surface area (Å²) in [6.45, 7) is 0. The number of thiophene rings is 1. The molecular formula is C7H8F3NS. The normalized spacial score (nSPS) is 14.7. The minimum Gasteiger partial charge on any atom is -0.323 e. The Morgan fingerprint density at radius 1 is 1.50 bits per heavy atom. The van der Waals surface area contributed by atoms with Gasteiger partial charge in [-0.3, -0.25) is 0 Å². The van der Waals surface area contributed by atoms with Crippen LogP contribution in [0.25, 0.3) is 0 Å². The average Bonchev–Trinajstić information content (AvgIpc) is 2.32. The van der Waals surface area contributed by atoms with E-state index < -0.39 is 18.6 Å². The van der Waals surface area contributed by atoms with E-state index in [0.717, 1.165) is 0 Å². The van der Waals surface area contributed by atoms with E-state index in [9.17, 15) is 13.2 Å². The second-order valence-corrected chi connectivity index (χ2v) is 3.42.